The van der Waals surface area contributed by atoms with Crippen molar-refractivity contribution in [2.75, 3.05) is 7.11 Å². The minimum atomic E-state index is -0.770. The van der Waals surface area contributed by atoms with Crippen molar-refractivity contribution in [1.82, 2.24) is 0 Å². The van der Waals surface area contributed by atoms with Crippen LogP contribution >= 0.6 is 0 Å². The number of aliphatic carboxylic acids is 1. The van der Waals surface area contributed by atoms with Crippen LogP contribution < -0.4 is 4.74 Å². The molecule has 0 radical (unpaired) electrons. The van der Waals surface area contributed by atoms with Gasteiger partial charge in [-0.25, -0.2) is 0 Å². The molecule has 1 aromatic carbocycles. The van der Waals surface area contributed by atoms with Crippen molar-refractivity contribution in [2.24, 2.45) is 5.92 Å². The Bertz CT molecular complexity index is 444. The molecule has 0 aliphatic rings. The van der Waals surface area contributed by atoms with Crippen LogP contribution in [0.1, 0.15) is 18.9 Å². The molecule has 0 spiro atoms. The number of methoxy groups -OCH3 is 1. The molecule has 2 atom stereocenters. The summed E-state index contributed by atoms with van der Waals surface area (Å²) in [7, 11) is 1.60. The van der Waals surface area contributed by atoms with Crippen molar-refractivity contribution >= 4 is 5.97 Å². The largest absolute Gasteiger partial charge is 0.510 e. The van der Waals surface area contributed by atoms with Crippen molar-refractivity contribution in [3.05, 3.63) is 29.8 Å². The van der Waals surface area contributed by atoms with Gasteiger partial charge in [-0.3, -0.25) is 0 Å². The number of carboxylic acid groups (broad SMARTS) is 1. The number of terminal acetylenes is 1. The van der Waals surface area contributed by atoms with Crippen LogP contribution in [0.4, 0.5) is 0 Å². The van der Waals surface area contributed by atoms with E-state index in [0.717, 1.165) is 11.3 Å². The molecule has 0 aromatic heterocycles. The van der Waals surface area contributed by atoms with E-state index in [1.54, 1.807) is 7.11 Å². The Hall–Kier alpha value is -1.99. The standard InChI is InChI=1S/C15H18O4/c1-4-11(2)9-14(15(16)17)19-10-12-5-7-13(18-3)8-6-12/h1,5-8,11,14H,9-10H2,2-3H3,(H,16,17)/p+1/t11-,14?/m0/s1. The molecule has 0 amide bonds. The highest BCUT2D eigenvalue weighted by Crippen LogP contribution is 2.15. The summed E-state index contributed by atoms with van der Waals surface area (Å²) in [5.41, 5.74) is 0.917. The van der Waals surface area contributed by atoms with E-state index < -0.39 is 12.1 Å². The van der Waals surface area contributed by atoms with E-state index in [9.17, 15) is 9.90 Å². The predicted octanol–water partition coefficient (Wildman–Crippen LogP) is 2.30. The summed E-state index contributed by atoms with van der Waals surface area (Å²) in [6, 6.07) is 7.35. The van der Waals surface area contributed by atoms with Crippen LogP contribution in [-0.2, 0) is 11.3 Å². The van der Waals surface area contributed by atoms with Gasteiger partial charge in [-0.15, -0.1) is 12.3 Å². The lowest BCUT2D eigenvalue weighted by molar-refractivity contribution is 0.0558. The summed E-state index contributed by atoms with van der Waals surface area (Å²) < 4.78 is 10.5. The molecule has 4 nitrogen and oxygen atoms in total. The van der Waals surface area contributed by atoms with Gasteiger partial charge >= 0.3 is 5.97 Å². The van der Waals surface area contributed by atoms with Gasteiger partial charge in [0.15, 0.2) is 0 Å². The maximum absolute atomic E-state index is 9.18. The number of aliphatic hydroxyl groups excluding tert-OH is 1. The molecule has 0 bridgehead atoms. The lowest BCUT2D eigenvalue weighted by Gasteiger charge is -2.12. The van der Waals surface area contributed by atoms with Crippen LogP contribution in [0.15, 0.2) is 24.3 Å². The fraction of sp³-hybridized carbons (Fsp3) is 0.400. The van der Waals surface area contributed by atoms with Gasteiger partial charge < -0.3 is 19.4 Å². The molecule has 0 saturated heterocycles. The van der Waals surface area contributed by atoms with Gasteiger partial charge in [0.25, 0.3) is 0 Å². The summed E-state index contributed by atoms with van der Waals surface area (Å²) in [4.78, 5) is 9.18. The minimum absolute atomic E-state index is 0.0878. The molecule has 102 valence electrons. The zero-order valence-corrected chi connectivity index (χ0v) is 11.2. The zero-order chi connectivity index (χ0) is 14.3. The molecular weight excluding hydrogens is 244 g/mol. The van der Waals surface area contributed by atoms with Gasteiger partial charge in [-0.2, -0.15) is 0 Å². The average molecular weight is 263 g/mol. The number of carboxylic acids is 1. The monoisotopic (exact) mass is 263 g/mol. The van der Waals surface area contributed by atoms with Crippen LogP contribution in [0.2, 0.25) is 0 Å². The first-order chi connectivity index (χ1) is 9.06. The first-order valence-corrected chi connectivity index (χ1v) is 6.02. The molecule has 2 N–H and O–H groups in total. The van der Waals surface area contributed by atoms with Gasteiger partial charge in [0, 0.05) is 12.3 Å². The number of hydrogen-bond donors (Lipinski definition) is 1. The van der Waals surface area contributed by atoms with E-state index in [0.29, 0.717) is 6.42 Å². The van der Waals surface area contributed by atoms with E-state index >= 15 is 0 Å². The van der Waals surface area contributed by atoms with E-state index in [1.165, 1.54) is 0 Å². The summed E-state index contributed by atoms with van der Waals surface area (Å²) in [5, 5.41) is 9.18. The number of hydrogen-bond acceptors (Lipinski definition) is 2. The third-order valence-corrected chi connectivity index (χ3v) is 2.75. The van der Waals surface area contributed by atoms with Gasteiger partial charge in [0.1, 0.15) is 5.75 Å². The summed E-state index contributed by atoms with van der Waals surface area (Å²) >= 11 is 0. The Balaban J connectivity index is 2.55. The van der Waals surface area contributed by atoms with E-state index in [1.807, 2.05) is 31.2 Å². The Morgan fingerprint density at radius 3 is 2.53 bits per heavy atom. The second kappa shape index (κ2) is 7.45. The van der Waals surface area contributed by atoms with Crippen molar-refractivity contribution in [3.8, 4) is 18.1 Å². The molecule has 0 aliphatic heterocycles. The zero-order valence-electron chi connectivity index (χ0n) is 11.2. The van der Waals surface area contributed by atoms with Crippen LogP contribution in [0.25, 0.3) is 0 Å². The number of ether oxygens (including phenoxy) is 2. The first kappa shape index (κ1) is 15.1. The molecule has 0 aliphatic carbocycles. The van der Waals surface area contributed by atoms with E-state index in [2.05, 4.69) is 5.92 Å². The van der Waals surface area contributed by atoms with E-state index in [4.69, 9.17) is 15.9 Å². The SMILES string of the molecule is C#C[C@H](C)CC(OCc1ccc(OC)cc1)C(O)=[OH+]. The minimum Gasteiger partial charge on any atom is -0.497 e. The smallest absolute Gasteiger partial charge is 0.497 e. The highest BCUT2D eigenvalue weighted by Gasteiger charge is 2.26. The van der Waals surface area contributed by atoms with Crippen molar-refractivity contribution in [1.29, 1.82) is 0 Å². The third-order valence-electron chi connectivity index (χ3n) is 2.75. The highest BCUT2D eigenvalue weighted by atomic mass is 16.5. The second-order valence-electron chi connectivity index (χ2n) is 4.31. The normalized spacial score (nSPS) is 13.3. The first-order valence-electron chi connectivity index (χ1n) is 6.02. The third kappa shape index (κ3) is 5.02. The summed E-state index contributed by atoms with van der Waals surface area (Å²) in [6.07, 6.45) is 4.87. The molecule has 4 heteroatoms. The molecule has 19 heavy (non-hydrogen) atoms. The predicted molar refractivity (Wildman–Crippen MR) is 73.8 cm³/mol. The molecule has 0 heterocycles. The van der Waals surface area contributed by atoms with Crippen LogP contribution in [-0.4, -0.2) is 29.1 Å². The Labute approximate surface area is 113 Å². The second-order valence-corrected chi connectivity index (χ2v) is 4.31. The fourth-order valence-corrected chi connectivity index (χ4v) is 1.56. The summed E-state index contributed by atoms with van der Waals surface area (Å²) in [6.45, 7) is 2.10. The van der Waals surface area contributed by atoms with Crippen LogP contribution in [0.3, 0.4) is 0 Å². The Kier molecular flexibility index (Phi) is 5.91. The molecule has 1 rings (SSSR count). The van der Waals surface area contributed by atoms with Crippen molar-refractivity contribution in [2.45, 2.75) is 26.1 Å². The maximum Gasteiger partial charge on any atom is 0.510 e. The van der Waals surface area contributed by atoms with Crippen LogP contribution in [0.5, 0.6) is 5.75 Å². The topological polar surface area (TPSA) is 60.1 Å². The lowest BCUT2D eigenvalue weighted by atomic mass is 10.0. The highest BCUT2D eigenvalue weighted by molar-refractivity contribution is 5.73. The molecule has 1 unspecified atom stereocenters. The lowest BCUT2D eigenvalue weighted by Crippen LogP contribution is -2.26. The Morgan fingerprint density at radius 1 is 1.42 bits per heavy atom. The molecule has 0 saturated carbocycles. The number of rotatable bonds is 7. The Morgan fingerprint density at radius 2 is 2.05 bits per heavy atom. The van der Waals surface area contributed by atoms with Crippen LogP contribution in [0, 0.1) is 18.3 Å². The molecule has 0 fully saturated rings. The number of benzene rings is 1. The average Bonchev–Trinajstić information content (AvgIpc) is 2.43. The molecule has 1 aromatic rings. The summed E-state index contributed by atoms with van der Waals surface area (Å²) in [5.74, 6) is 2.47. The van der Waals surface area contributed by atoms with Gasteiger partial charge in [0.2, 0.25) is 6.10 Å². The quantitative estimate of drug-likeness (QED) is 0.606. The van der Waals surface area contributed by atoms with Crippen molar-refractivity contribution < 1.29 is 19.4 Å². The van der Waals surface area contributed by atoms with E-state index in [-0.39, 0.29) is 12.5 Å². The molecular formula is C15H19O4+. The van der Waals surface area contributed by atoms with Gasteiger partial charge in [0.05, 0.1) is 13.7 Å². The van der Waals surface area contributed by atoms with Gasteiger partial charge in [-0.05, 0) is 17.7 Å². The van der Waals surface area contributed by atoms with Crippen molar-refractivity contribution in [3.63, 3.8) is 0 Å². The van der Waals surface area contributed by atoms with Gasteiger partial charge in [-0.1, -0.05) is 19.1 Å². The maximum atomic E-state index is 9.18. The fourth-order valence-electron chi connectivity index (χ4n) is 1.56.